The Morgan fingerprint density at radius 3 is 2.06 bits per heavy atom. The number of alkyl carbamates (subject to hydrolysis) is 1. The first kappa shape index (κ1) is 25.3. The first-order chi connectivity index (χ1) is 16.0. The van der Waals surface area contributed by atoms with Gasteiger partial charge in [0.25, 0.3) is 0 Å². The number of benzene rings is 2. The Morgan fingerprint density at radius 2 is 1.56 bits per heavy atom. The van der Waals surface area contributed by atoms with E-state index in [-0.39, 0.29) is 17.9 Å². The Kier molecular flexibility index (Phi) is 7.64. The minimum atomic E-state index is -1.11. The fourth-order valence-electron chi connectivity index (χ4n) is 4.22. The fourth-order valence-corrected chi connectivity index (χ4v) is 4.22. The number of nitrogens with one attached hydrogen (secondary N) is 1. The molecule has 0 aromatic heterocycles. The summed E-state index contributed by atoms with van der Waals surface area (Å²) in [6, 6.07) is 14.3. The highest BCUT2D eigenvalue weighted by atomic mass is 16.5. The lowest BCUT2D eigenvalue weighted by Gasteiger charge is -2.29. The van der Waals surface area contributed by atoms with Crippen molar-refractivity contribution in [1.29, 1.82) is 0 Å². The molecule has 0 fully saturated rings. The molecule has 0 aliphatic heterocycles. The molecule has 2 aromatic rings. The summed E-state index contributed by atoms with van der Waals surface area (Å²) in [6.45, 7) is 7.72. The normalized spacial score (nSPS) is 14.5. The van der Waals surface area contributed by atoms with Gasteiger partial charge in [0.2, 0.25) is 5.91 Å². The lowest BCUT2D eigenvalue weighted by molar-refractivity contribution is -0.149. The molecule has 2 aromatic carbocycles. The molecule has 0 saturated carbocycles. The van der Waals surface area contributed by atoms with E-state index in [1.165, 1.54) is 14.0 Å². The Balaban J connectivity index is 1.71. The Hall–Kier alpha value is -3.35. The first-order valence-electron chi connectivity index (χ1n) is 11.6. The number of carboxylic acids is 1. The smallest absolute Gasteiger partial charge is 0.407 e. The van der Waals surface area contributed by atoms with Crippen molar-refractivity contribution in [2.24, 2.45) is 5.41 Å². The van der Waals surface area contributed by atoms with Gasteiger partial charge in [-0.3, -0.25) is 4.79 Å². The molecule has 2 N–H and O–H groups in total. The van der Waals surface area contributed by atoms with Gasteiger partial charge in [-0.25, -0.2) is 9.59 Å². The van der Waals surface area contributed by atoms with Crippen LogP contribution in [0, 0.1) is 5.41 Å². The van der Waals surface area contributed by atoms with E-state index < -0.39 is 30.1 Å². The predicted molar refractivity (Wildman–Crippen MR) is 131 cm³/mol. The third kappa shape index (κ3) is 5.76. The van der Waals surface area contributed by atoms with Crippen LogP contribution in [0.5, 0.6) is 0 Å². The molecule has 2 atom stereocenters. The second-order valence-electron chi connectivity index (χ2n) is 10.1. The Morgan fingerprint density at radius 1 is 1.03 bits per heavy atom. The highest BCUT2D eigenvalue weighted by Gasteiger charge is 2.32. The zero-order valence-electron chi connectivity index (χ0n) is 20.5. The fraction of sp³-hybridized carbons (Fsp3) is 0.444. The number of likely N-dealkylation sites (N-methyl/N-ethyl adjacent to an activating group) is 1. The quantitative estimate of drug-likeness (QED) is 0.590. The van der Waals surface area contributed by atoms with E-state index in [9.17, 15) is 19.5 Å². The Bertz CT molecular complexity index is 1010. The number of ether oxygens (including phenoxy) is 1. The monoisotopic (exact) mass is 466 g/mol. The van der Waals surface area contributed by atoms with Crippen molar-refractivity contribution >= 4 is 18.0 Å². The summed E-state index contributed by atoms with van der Waals surface area (Å²) in [6.07, 6.45) is 0.358. The summed E-state index contributed by atoms with van der Waals surface area (Å²) in [7, 11) is 1.44. The van der Waals surface area contributed by atoms with E-state index in [2.05, 4.69) is 17.4 Å². The van der Waals surface area contributed by atoms with E-state index in [0.29, 0.717) is 12.8 Å². The van der Waals surface area contributed by atoms with Gasteiger partial charge in [-0.15, -0.1) is 0 Å². The average Bonchev–Trinajstić information content (AvgIpc) is 3.12. The standard InChI is InChI=1S/C27H34N2O5/c1-17(25(31)32)29(5)24(30)23(14-15-27(2,3)4)28-26(33)34-16-22-20-12-8-6-10-18(20)19-11-7-9-13-21(19)22/h6-13,17,22-23H,14-16H2,1-5H3,(H,28,33)(H,31,32). The van der Waals surface area contributed by atoms with Gasteiger partial charge < -0.3 is 20.1 Å². The number of amides is 2. The van der Waals surface area contributed by atoms with E-state index in [0.717, 1.165) is 27.2 Å². The molecule has 182 valence electrons. The van der Waals surface area contributed by atoms with Gasteiger partial charge in [-0.05, 0) is 47.4 Å². The molecule has 7 nitrogen and oxygen atoms in total. The van der Waals surface area contributed by atoms with Crippen LogP contribution in [0.3, 0.4) is 0 Å². The van der Waals surface area contributed by atoms with Crippen LogP contribution >= 0.6 is 0 Å². The largest absolute Gasteiger partial charge is 0.480 e. The molecule has 0 spiro atoms. The number of fused-ring (bicyclic) bond motifs is 3. The molecule has 1 aliphatic carbocycles. The van der Waals surface area contributed by atoms with E-state index >= 15 is 0 Å². The van der Waals surface area contributed by atoms with Gasteiger partial charge in [0.05, 0.1) is 0 Å². The third-order valence-corrected chi connectivity index (χ3v) is 6.40. The van der Waals surface area contributed by atoms with Crippen LogP contribution < -0.4 is 5.32 Å². The van der Waals surface area contributed by atoms with Crippen molar-refractivity contribution in [2.75, 3.05) is 13.7 Å². The zero-order chi connectivity index (χ0) is 25.0. The van der Waals surface area contributed by atoms with Crippen LogP contribution in [0.4, 0.5) is 4.79 Å². The van der Waals surface area contributed by atoms with Gasteiger partial charge in [0, 0.05) is 13.0 Å². The SMILES string of the molecule is CC(C(=O)O)N(C)C(=O)C(CCC(C)(C)C)NC(=O)OCC1c2ccccc2-c2ccccc21. The summed E-state index contributed by atoms with van der Waals surface area (Å²) in [5.74, 6) is -1.64. The van der Waals surface area contributed by atoms with Crippen molar-refractivity contribution in [3.05, 3.63) is 59.7 Å². The van der Waals surface area contributed by atoms with Crippen LogP contribution in [0.2, 0.25) is 0 Å². The molecular formula is C27H34N2O5. The molecule has 0 heterocycles. The molecular weight excluding hydrogens is 432 g/mol. The molecule has 1 aliphatic rings. The van der Waals surface area contributed by atoms with E-state index in [4.69, 9.17) is 4.74 Å². The molecule has 34 heavy (non-hydrogen) atoms. The Labute approximate surface area is 201 Å². The predicted octanol–water partition coefficient (Wildman–Crippen LogP) is 4.65. The number of nitrogens with zero attached hydrogens (tertiary/aromatic N) is 1. The number of aliphatic carboxylic acids is 1. The maximum absolute atomic E-state index is 13.0. The van der Waals surface area contributed by atoms with Crippen LogP contribution in [-0.2, 0) is 14.3 Å². The topological polar surface area (TPSA) is 95.9 Å². The molecule has 0 bridgehead atoms. The lowest BCUT2D eigenvalue weighted by atomic mass is 9.88. The van der Waals surface area contributed by atoms with Crippen LogP contribution in [0.1, 0.15) is 57.6 Å². The number of hydrogen-bond donors (Lipinski definition) is 2. The van der Waals surface area contributed by atoms with Gasteiger partial charge in [-0.1, -0.05) is 69.3 Å². The van der Waals surface area contributed by atoms with Crippen LogP contribution in [-0.4, -0.2) is 53.7 Å². The van der Waals surface area contributed by atoms with Gasteiger partial charge in [0.15, 0.2) is 0 Å². The van der Waals surface area contributed by atoms with Crippen molar-refractivity contribution in [2.45, 2.75) is 58.5 Å². The van der Waals surface area contributed by atoms with Crippen molar-refractivity contribution in [1.82, 2.24) is 10.2 Å². The van der Waals surface area contributed by atoms with Crippen molar-refractivity contribution in [3.8, 4) is 11.1 Å². The molecule has 3 rings (SSSR count). The lowest BCUT2D eigenvalue weighted by Crippen LogP contribution is -2.51. The second-order valence-corrected chi connectivity index (χ2v) is 10.1. The van der Waals surface area contributed by atoms with Crippen molar-refractivity contribution < 1.29 is 24.2 Å². The number of carbonyl (C=O) groups is 3. The van der Waals surface area contributed by atoms with E-state index in [1.54, 1.807) is 0 Å². The second kappa shape index (κ2) is 10.3. The molecule has 2 amide bonds. The summed E-state index contributed by atoms with van der Waals surface area (Å²) in [4.78, 5) is 38.3. The van der Waals surface area contributed by atoms with Crippen LogP contribution in [0.15, 0.2) is 48.5 Å². The number of rotatable bonds is 8. The summed E-state index contributed by atoms with van der Waals surface area (Å²) in [5.41, 5.74) is 4.42. The molecule has 0 radical (unpaired) electrons. The zero-order valence-corrected chi connectivity index (χ0v) is 20.5. The van der Waals surface area contributed by atoms with Gasteiger partial charge in [0.1, 0.15) is 18.7 Å². The van der Waals surface area contributed by atoms with Crippen LogP contribution in [0.25, 0.3) is 11.1 Å². The maximum Gasteiger partial charge on any atom is 0.407 e. The van der Waals surface area contributed by atoms with Crippen molar-refractivity contribution in [3.63, 3.8) is 0 Å². The summed E-state index contributed by atoms with van der Waals surface area (Å²) in [5, 5.41) is 12.0. The van der Waals surface area contributed by atoms with Gasteiger partial charge >= 0.3 is 12.1 Å². The molecule has 7 heteroatoms. The number of carboxylic acid groups (broad SMARTS) is 1. The minimum Gasteiger partial charge on any atom is -0.480 e. The first-order valence-corrected chi connectivity index (χ1v) is 11.6. The van der Waals surface area contributed by atoms with Gasteiger partial charge in [-0.2, -0.15) is 0 Å². The number of carbonyl (C=O) groups excluding carboxylic acids is 2. The molecule has 0 saturated heterocycles. The minimum absolute atomic E-state index is 0.0572. The number of hydrogen-bond acceptors (Lipinski definition) is 4. The average molecular weight is 467 g/mol. The maximum atomic E-state index is 13.0. The summed E-state index contributed by atoms with van der Waals surface area (Å²) < 4.78 is 5.60. The summed E-state index contributed by atoms with van der Waals surface area (Å²) >= 11 is 0. The highest BCUT2D eigenvalue weighted by Crippen LogP contribution is 2.44. The highest BCUT2D eigenvalue weighted by molar-refractivity contribution is 5.89. The molecule has 2 unspecified atom stereocenters. The van der Waals surface area contributed by atoms with E-state index in [1.807, 2.05) is 57.2 Å². The third-order valence-electron chi connectivity index (χ3n) is 6.40.